The van der Waals surface area contributed by atoms with E-state index in [2.05, 4.69) is 26.2 Å². The summed E-state index contributed by atoms with van der Waals surface area (Å²) in [5.74, 6) is 0.335. The van der Waals surface area contributed by atoms with Gasteiger partial charge in [0.25, 0.3) is 0 Å². The molecule has 0 amide bonds. The summed E-state index contributed by atoms with van der Waals surface area (Å²) < 4.78 is 0.523. The second-order valence-electron chi connectivity index (χ2n) is 4.06. The van der Waals surface area contributed by atoms with Gasteiger partial charge < -0.3 is 10.4 Å². The van der Waals surface area contributed by atoms with E-state index in [1.165, 1.54) is 12.4 Å². The van der Waals surface area contributed by atoms with Crippen molar-refractivity contribution in [3.05, 3.63) is 27.0 Å². The number of anilines is 1. The van der Waals surface area contributed by atoms with Gasteiger partial charge in [-0.2, -0.15) is 0 Å². The quantitative estimate of drug-likeness (QED) is 0.641. The van der Waals surface area contributed by atoms with Crippen LogP contribution in [0.15, 0.2) is 16.9 Å². The summed E-state index contributed by atoms with van der Waals surface area (Å²) in [4.78, 5) is 14.1. The molecule has 1 saturated carbocycles. The lowest BCUT2D eigenvalue weighted by atomic mass is 10.2. The molecule has 6 nitrogen and oxygen atoms in total. The van der Waals surface area contributed by atoms with Crippen molar-refractivity contribution < 1.29 is 10.0 Å². The van der Waals surface area contributed by atoms with Crippen LogP contribution in [0, 0.1) is 16.0 Å². The van der Waals surface area contributed by atoms with Gasteiger partial charge in [-0.05, 0) is 34.7 Å². The van der Waals surface area contributed by atoms with Crippen LogP contribution in [0.25, 0.3) is 0 Å². The Morgan fingerprint density at radius 3 is 2.94 bits per heavy atom. The number of aliphatic hydroxyl groups is 1. The van der Waals surface area contributed by atoms with Gasteiger partial charge in [-0.25, -0.2) is 0 Å². The maximum absolute atomic E-state index is 10.8. The average Bonchev–Trinajstić information content (AvgIpc) is 3.10. The number of nitrogens with zero attached hydrogens (tertiary/aromatic N) is 2. The number of pyridine rings is 1. The van der Waals surface area contributed by atoms with Gasteiger partial charge >= 0.3 is 5.69 Å². The third kappa shape index (κ3) is 2.92. The number of aliphatic hydroxyl groups excluding tert-OH is 1. The molecule has 0 aliphatic heterocycles. The molecular formula is C10H12BrN3O3. The van der Waals surface area contributed by atoms with E-state index in [-0.39, 0.29) is 5.69 Å². The molecule has 0 spiro atoms. The summed E-state index contributed by atoms with van der Waals surface area (Å²) in [6.45, 7) is 0.314. The van der Waals surface area contributed by atoms with E-state index >= 15 is 0 Å². The minimum Gasteiger partial charge on any atom is -0.391 e. The van der Waals surface area contributed by atoms with Crippen LogP contribution in [-0.4, -0.2) is 27.7 Å². The minimum atomic E-state index is -0.496. The van der Waals surface area contributed by atoms with Crippen molar-refractivity contribution in [2.45, 2.75) is 18.9 Å². The van der Waals surface area contributed by atoms with Gasteiger partial charge in [-0.1, -0.05) is 0 Å². The van der Waals surface area contributed by atoms with E-state index in [1.54, 1.807) is 0 Å². The first-order chi connectivity index (χ1) is 8.09. The molecule has 7 heteroatoms. The number of halogens is 1. The summed E-state index contributed by atoms with van der Waals surface area (Å²) >= 11 is 3.21. The first-order valence-corrected chi connectivity index (χ1v) is 6.08. The van der Waals surface area contributed by atoms with Crippen LogP contribution in [0.3, 0.4) is 0 Å². The largest absolute Gasteiger partial charge is 0.391 e. The fraction of sp³-hybridized carbons (Fsp3) is 0.500. The number of hydrogen-bond acceptors (Lipinski definition) is 5. The van der Waals surface area contributed by atoms with Crippen LogP contribution in [0.1, 0.15) is 12.8 Å². The molecule has 2 N–H and O–H groups in total. The van der Waals surface area contributed by atoms with E-state index in [4.69, 9.17) is 0 Å². The number of aromatic nitrogens is 1. The molecule has 1 aliphatic carbocycles. The van der Waals surface area contributed by atoms with Crippen LogP contribution in [0.5, 0.6) is 0 Å². The molecule has 1 aliphatic rings. The monoisotopic (exact) mass is 301 g/mol. The van der Waals surface area contributed by atoms with Gasteiger partial charge in [0.1, 0.15) is 11.9 Å². The summed E-state index contributed by atoms with van der Waals surface area (Å²) in [7, 11) is 0. The van der Waals surface area contributed by atoms with Crippen LogP contribution in [-0.2, 0) is 0 Å². The highest BCUT2D eigenvalue weighted by Gasteiger charge is 2.30. The predicted octanol–water partition coefficient (Wildman–Crippen LogP) is 1.94. The van der Waals surface area contributed by atoms with Crippen molar-refractivity contribution in [1.82, 2.24) is 4.98 Å². The smallest absolute Gasteiger partial charge is 0.311 e. The fourth-order valence-corrected chi connectivity index (χ4v) is 2.05. The van der Waals surface area contributed by atoms with Crippen molar-refractivity contribution >= 4 is 27.3 Å². The van der Waals surface area contributed by atoms with Crippen LogP contribution < -0.4 is 5.32 Å². The fourth-order valence-electron chi connectivity index (χ4n) is 1.59. The van der Waals surface area contributed by atoms with E-state index < -0.39 is 11.0 Å². The Labute approximate surface area is 106 Å². The molecule has 92 valence electrons. The molecule has 1 atom stereocenters. The lowest BCUT2D eigenvalue weighted by molar-refractivity contribution is -0.384. The predicted molar refractivity (Wildman–Crippen MR) is 65.8 cm³/mol. The lowest BCUT2D eigenvalue weighted by Gasteiger charge is -2.12. The normalized spacial score (nSPS) is 16.6. The molecule has 0 radical (unpaired) electrons. The van der Waals surface area contributed by atoms with Crippen LogP contribution >= 0.6 is 15.9 Å². The Bertz CT molecular complexity index is 437. The maximum atomic E-state index is 10.8. The molecule has 17 heavy (non-hydrogen) atoms. The van der Waals surface area contributed by atoms with Crippen molar-refractivity contribution in [3.8, 4) is 0 Å². The third-order valence-electron chi connectivity index (χ3n) is 2.73. The molecule has 1 aromatic heterocycles. The van der Waals surface area contributed by atoms with Gasteiger partial charge in [0.2, 0.25) is 0 Å². The highest BCUT2D eigenvalue weighted by Crippen LogP contribution is 2.34. The molecule has 2 rings (SSSR count). The Morgan fingerprint density at radius 2 is 2.35 bits per heavy atom. The van der Waals surface area contributed by atoms with Gasteiger partial charge in [0.15, 0.2) is 0 Å². The maximum Gasteiger partial charge on any atom is 0.311 e. The molecule has 1 heterocycles. The summed E-state index contributed by atoms with van der Waals surface area (Å²) in [5.41, 5.74) is 0.270. The van der Waals surface area contributed by atoms with E-state index in [9.17, 15) is 15.2 Å². The number of hydrogen-bond donors (Lipinski definition) is 2. The third-order valence-corrected chi connectivity index (χ3v) is 3.33. The van der Waals surface area contributed by atoms with Crippen molar-refractivity contribution in [2.75, 3.05) is 11.9 Å². The molecular weight excluding hydrogens is 290 g/mol. The van der Waals surface area contributed by atoms with E-state index in [0.717, 1.165) is 12.8 Å². The van der Waals surface area contributed by atoms with E-state index in [0.29, 0.717) is 22.6 Å². The highest BCUT2D eigenvalue weighted by atomic mass is 79.9. The van der Waals surface area contributed by atoms with Crippen LogP contribution in [0.2, 0.25) is 0 Å². The summed E-state index contributed by atoms with van der Waals surface area (Å²) in [6, 6.07) is 0. The molecule has 1 aromatic rings. The van der Waals surface area contributed by atoms with Gasteiger partial charge in [0.05, 0.1) is 15.5 Å². The first kappa shape index (κ1) is 12.3. The van der Waals surface area contributed by atoms with Crippen molar-refractivity contribution in [3.63, 3.8) is 0 Å². The van der Waals surface area contributed by atoms with Crippen molar-refractivity contribution in [1.29, 1.82) is 0 Å². The van der Waals surface area contributed by atoms with Crippen molar-refractivity contribution in [2.24, 2.45) is 5.92 Å². The number of nitro groups is 1. The zero-order chi connectivity index (χ0) is 12.4. The lowest BCUT2D eigenvalue weighted by Crippen LogP contribution is -2.22. The van der Waals surface area contributed by atoms with Gasteiger partial charge in [-0.15, -0.1) is 0 Å². The second kappa shape index (κ2) is 4.97. The molecule has 0 bridgehead atoms. The van der Waals surface area contributed by atoms with E-state index in [1.807, 2.05) is 0 Å². The highest BCUT2D eigenvalue weighted by molar-refractivity contribution is 9.10. The minimum absolute atomic E-state index is 0.0950. The standard InChI is InChI=1S/C10H12BrN3O3/c11-7-3-12-4-8(14(16)17)10(7)13-5-9(15)6-1-2-6/h3-4,6,9,15H,1-2,5H2,(H,12,13). The zero-order valence-corrected chi connectivity index (χ0v) is 10.6. The SMILES string of the molecule is O=[N+]([O-])c1cncc(Br)c1NCC(O)C1CC1. The molecule has 0 aromatic carbocycles. The first-order valence-electron chi connectivity index (χ1n) is 5.29. The Morgan fingerprint density at radius 1 is 1.65 bits per heavy atom. The number of rotatable bonds is 5. The molecule has 1 unspecified atom stereocenters. The summed E-state index contributed by atoms with van der Waals surface area (Å²) in [6.07, 6.45) is 4.29. The molecule has 0 saturated heterocycles. The second-order valence-corrected chi connectivity index (χ2v) is 4.91. The Kier molecular flexibility index (Phi) is 3.58. The van der Waals surface area contributed by atoms with Crippen LogP contribution in [0.4, 0.5) is 11.4 Å². The Balaban J connectivity index is 2.10. The summed E-state index contributed by atoms with van der Waals surface area (Å²) in [5, 5.41) is 23.4. The van der Waals surface area contributed by atoms with Gasteiger partial charge in [-0.3, -0.25) is 15.1 Å². The molecule has 1 fully saturated rings. The zero-order valence-electron chi connectivity index (χ0n) is 8.97. The number of nitrogens with one attached hydrogen (secondary N) is 1. The Hall–Kier alpha value is -1.21. The van der Waals surface area contributed by atoms with Gasteiger partial charge in [0, 0.05) is 12.7 Å². The topological polar surface area (TPSA) is 88.3 Å². The average molecular weight is 302 g/mol.